The van der Waals surface area contributed by atoms with Crippen molar-refractivity contribution in [2.75, 3.05) is 31.2 Å². The number of nitrogen functional groups attached to an aromatic ring is 1. The summed E-state index contributed by atoms with van der Waals surface area (Å²) >= 11 is 0. The smallest absolute Gasteiger partial charge is 0.0736 e. The van der Waals surface area contributed by atoms with Crippen LogP contribution in [0.4, 0.5) is 11.4 Å². The fourth-order valence-corrected chi connectivity index (χ4v) is 2.31. The quantitative estimate of drug-likeness (QED) is 0.791. The minimum atomic E-state index is 0.515. The molecule has 1 aliphatic heterocycles. The standard InChI is InChI=1S/C12H20N4/c1-9-8-16(2)6-4-11(9)15-12-3-5-14-7-10(12)13/h3,5,7,9,11H,4,6,8,13H2,1-2H3,(H,14,15). The molecule has 2 heterocycles. The van der Waals surface area contributed by atoms with Crippen LogP contribution in [-0.4, -0.2) is 36.1 Å². The zero-order chi connectivity index (χ0) is 11.5. The van der Waals surface area contributed by atoms with Crippen LogP contribution >= 0.6 is 0 Å². The van der Waals surface area contributed by atoms with Crippen LogP contribution in [0, 0.1) is 5.92 Å². The highest BCUT2D eigenvalue weighted by Gasteiger charge is 2.24. The van der Waals surface area contributed by atoms with E-state index < -0.39 is 0 Å². The summed E-state index contributed by atoms with van der Waals surface area (Å²) in [4.78, 5) is 6.37. The Bertz CT molecular complexity index is 353. The van der Waals surface area contributed by atoms with Gasteiger partial charge in [0.05, 0.1) is 17.6 Å². The predicted octanol–water partition coefficient (Wildman–Crippen LogP) is 1.42. The molecule has 0 amide bonds. The van der Waals surface area contributed by atoms with Crippen molar-refractivity contribution in [2.24, 2.45) is 5.92 Å². The lowest BCUT2D eigenvalue weighted by Crippen LogP contribution is -2.43. The highest BCUT2D eigenvalue weighted by atomic mass is 15.1. The Morgan fingerprint density at radius 1 is 1.56 bits per heavy atom. The molecule has 0 spiro atoms. The van der Waals surface area contributed by atoms with E-state index in [2.05, 4.69) is 29.2 Å². The molecule has 16 heavy (non-hydrogen) atoms. The number of piperidine rings is 1. The molecule has 1 fully saturated rings. The van der Waals surface area contributed by atoms with E-state index in [9.17, 15) is 0 Å². The molecule has 88 valence electrons. The van der Waals surface area contributed by atoms with Crippen LogP contribution in [-0.2, 0) is 0 Å². The fourth-order valence-electron chi connectivity index (χ4n) is 2.31. The van der Waals surface area contributed by atoms with E-state index in [1.807, 2.05) is 6.07 Å². The van der Waals surface area contributed by atoms with E-state index in [0.29, 0.717) is 12.0 Å². The zero-order valence-electron chi connectivity index (χ0n) is 9.98. The van der Waals surface area contributed by atoms with Gasteiger partial charge in [0, 0.05) is 18.8 Å². The molecule has 0 aromatic carbocycles. The third-order valence-electron chi connectivity index (χ3n) is 3.30. The summed E-state index contributed by atoms with van der Waals surface area (Å²) in [6.45, 7) is 4.57. The van der Waals surface area contributed by atoms with Gasteiger partial charge in [-0.25, -0.2) is 0 Å². The van der Waals surface area contributed by atoms with E-state index in [4.69, 9.17) is 5.73 Å². The monoisotopic (exact) mass is 220 g/mol. The first-order valence-corrected chi connectivity index (χ1v) is 5.81. The molecule has 2 atom stereocenters. The number of aromatic nitrogens is 1. The Kier molecular flexibility index (Phi) is 3.29. The average Bonchev–Trinajstić information content (AvgIpc) is 2.25. The van der Waals surface area contributed by atoms with E-state index >= 15 is 0 Å². The molecule has 0 bridgehead atoms. The topological polar surface area (TPSA) is 54.2 Å². The van der Waals surface area contributed by atoms with Gasteiger partial charge in [-0.05, 0) is 32.0 Å². The van der Waals surface area contributed by atoms with Gasteiger partial charge in [-0.1, -0.05) is 6.92 Å². The number of rotatable bonds is 2. The van der Waals surface area contributed by atoms with Gasteiger partial charge in [-0.3, -0.25) is 4.98 Å². The number of likely N-dealkylation sites (tertiary alicyclic amines) is 1. The highest BCUT2D eigenvalue weighted by molar-refractivity contribution is 5.64. The van der Waals surface area contributed by atoms with E-state index in [1.54, 1.807) is 12.4 Å². The minimum Gasteiger partial charge on any atom is -0.396 e. The maximum Gasteiger partial charge on any atom is 0.0736 e. The molecule has 0 radical (unpaired) electrons. The summed E-state index contributed by atoms with van der Waals surface area (Å²) in [5.41, 5.74) is 7.62. The summed E-state index contributed by atoms with van der Waals surface area (Å²) in [5.74, 6) is 0.645. The first kappa shape index (κ1) is 11.2. The van der Waals surface area contributed by atoms with Gasteiger partial charge in [-0.2, -0.15) is 0 Å². The fraction of sp³-hybridized carbons (Fsp3) is 0.583. The van der Waals surface area contributed by atoms with Crippen LogP contribution in [0.25, 0.3) is 0 Å². The van der Waals surface area contributed by atoms with Crippen LogP contribution in [0.15, 0.2) is 18.5 Å². The summed E-state index contributed by atoms with van der Waals surface area (Å²) in [6.07, 6.45) is 4.64. The van der Waals surface area contributed by atoms with Gasteiger partial charge in [0.15, 0.2) is 0 Å². The van der Waals surface area contributed by atoms with Crippen molar-refractivity contribution >= 4 is 11.4 Å². The molecule has 1 aromatic heterocycles. The first-order valence-electron chi connectivity index (χ1n) is 5.81. The van der Waals surface area contributed by atoms with Gasteiger partial charge in [0.25, 0.3) is 0 Å². The number of hydrogen-bond acceptors (Lipinski definition) is 4. The number of hydrogen-bond donors (Lipinski definition) is 2. The lowest BCUT2D eigenvalue weighted by Gasteiger charge is -2.35. The van der Waals surface area contributed by atoms with Crippen molar-refractivity contribution in [2.45, 2.75) is 19.4 Å². The summed E-state index contributed by atoms with van der Waals surface area (Å²) in [7, 11) is 2.17. The largest absolute Gasteiger partial charge is 0.396 e. The van der Waals surface area contributed by atoms with Crippen LogP contribution in [0.5, 0.6) is 0 Å². The molecule has 1 aliphatic rings. The van der Waals surface area contributed by atoms with Crippen LogP contribution < -0.4 is 11.1 Å². The lowest BCUT2D eigenvalue weighted by molar-refractivity contribution is 0.206. The Morgan fingerprint density at radius 3 is 3.06 bits per heavy atom. The van der Waals surface area contributed by atoms with E-state index in [-0.39, 0.29) is 0 Å². The molecular weight excluding hydrogens is 200 g/mol. The highest BCUT2D eigenvalue weighted by Crippen LogP contribution is 2.23. The van der Waals surface area contributed by atoms with E-state index in [0.717, 1.165) is 24.5 Å². The molecule has 4 heteroatoms. The van der Waals surface area contributed by atoms with Crippen LogP contribution in [0.2, 0.25) is 0 Å². The molecule has 4 nitrogen and oxygen atoms in total. The number of pyridine rings is 1. The second kappa shape index (κ2) is 4.70. The number of anilines is 2. The Labute approximate surface area is 96.8 Å². The first-order chi connectivity index (χ1) is 7.66. The molecule has 0 saturated carbocycles. The van der Waals surface area contributed by atoms with Crippen molar-refractivity contribution < 1.29 is 0 Å². The van der Waals surface area contributed by atoms with Crippen molar-refractivity contribution in [1.82, 2.24) is 9.88 Å². The Balaban J connectivity index is 2.02. The van der Waals surface area contributed by atoms with Crippen LogP contribution in [0.3, 0.4) is 0 Å². The van der Waals surface area contributed by atoms with E-state index in [1.165, 1.54) is 6.42 Å². The van der Waals surface area contributed by atoms with Crippen molar-refractivity contribution in [1.29, 1.82) is 0 Å². The Morgan fingerprint density at radius 2 is 2.38 bits per heavy atom. The average molecular weight is 220 g/mol. The SMILES string of the molecule is CC1CN(C)CCC1Nc1ccncc1N. The molecule has 1 aromatic rings. The number of nitrogens with one attached hydrogen (secondary N) is 1. The van der Waals surface area contributed by atoms with Gasteiger partial charge >= 0.3 is 0 Å². The third-order valence-corrected chi connectivity index (χ3v) is 3.30. The summed E-state index contributed by atoms with van der Waals surface area (Å²) < 4.78 is 0. The maximum absolute atomic E-state index is 5.88. The second-order valence-corrected chi connectivity index (χ2v) is 4.74. The van der Waals surface area contributed by atoms with Crippen molar-refractivity contribution in [3.05, 3.63) is 18.5 Å². The second-order valence-electron chi connectivity index (χ2n) is 4.74. The normalized spacial score (nSPS) is 26.6. The van der Waals surface area contributed by atoms with Crippen molar-refractivity contribution in [3.8, 4) is 0 Å². The van der Waals surface area contributed by atoms with Gasteiger partial charge < -0.3 is 16.0 Å². The molecule has 3 N–H and O–H groups in total. The van der Waals surface area contributed by atoms with Gasteiger partial charge in [0.2, 0.25) is 0 Å². The predicted molar refractivity (Wildman–Crippen MR) is 67.3 cm³/mol. The molecule has 2 unspecified atom stereocenters. The Hall–Kier alpha value is -1.29. The van der Waals surface area contributed by atoms with Crippen LogP contribution in [0.1, 0.15) is 13.3 Å². The molecule has 0 aliphatic carbocycles. The third kappa shape index (κ3) is 2.44. The molecule has 1 saturated heterocycles. The summed E-state index contributed by atoms with van der Waals surface area (Å²) in [5, 5.41) is 3.53. The van der Waals surface area contributed by atoms with Crippen molar-refractivity contribution in [3.63, 3.8) is 0 Å². The number of nitrogens with two attached hydrogens (primary N) is 1. The summed E-state index contributed by atoms with van der Waals surface area (Å²) in [6, 6.07) is 2.46. The zero-order valence-corrected chi connectivity index (χ0v) is 9.98. The number of nitrogens with zero attached hydrogens (tertiary/aromatic N) is 2. The molecular formula is C12H20N4. The maximum atomic E-state index is 5.88. The molecule has 2 rings (SSSR count). The minimum absolute atomic E-state index is 0.515. The lowest BCUT2D eigenvalue weighted by atomic mass is 9.94. The van der Waals surface area contributed by atoms with Gasteiger partial charge in [-0.15, -0.1) is 0 Å². The van der Waals surface area contributed by atoms with Gasteiger partial charge in [0.1, 0.15) is 0 Å².